The number of benzene rings is 1. The normalized spacial score (nSPS) is 11.7. The summed E-state index contributed by atoms with van der Waals surface area (Å²) < 4.78 is 37.8. The van der Waals surface area contributed by atoms with Crippen molar-refractivity contribution in [3.05, 3.63) is 46.2 Å². The first-order valence-electron chi connectivity index (χ1n) is 5.23. The fraction of sp³-hybridized carbons (Fsp3) is 0.0833. The van der Waals surface area contributed by atoms with Crippen LogP contribution in [0.1, 0.15) is 5.69 Å². The summed E-state index contributed by atoms with van der Waals surface area (Å²) in [7, 11) is 0. The standard InChI is InChI=1S/C12H7Cl2F3N2S/c13-7-2-1-6(3-8(7)14)20-10-4-11(12(15,16)17)19-5-9(10)18/h1-5H,18H2. The summed E-state index contributed by atoms with van der Waals surface area (Å²) in [5.74, 6) is 0. The zero-order valence-corrected chi connectivity index (χ0v) is 12.0. The number of pyridine rings is 1. The first-order chi connectivity index (χ1) is 9.27. The highest BCUT2D eigenvalue weighted by atomic mass is 35.5. The number of alkyl halides is 3. The van der Waals surface area contributed by atoms with E-state index in [0.717, 1.165) is 24.0 Å². The zero-order valence-electron chi connectivity index (χ0n) is 9.71. The third-order valence-corrected chi connectivity index (χ3v) is 4.11. The molecule has 1 aromatic heterocycles. The lowest BCUT2D eigenvalue weighted by Gasteiger charge is -2.10. The summed E-state index contributed by atoms with van der Waals surface area (Å²) in [5, 5.41) is 0.690. The van der Waals surface area contributed by atoms with Gasteiger partial charge in [0.25, 0.3) is 0 Å². The summed E-state index contributed by atoms with van der Waals surface area (Å²) in [4.78, 5) is 4.16. The lowest BCUT2D eigenvalue weighted by atomic mass is 10.3. The van der Waals surface area contributed by atoms with E-state index < -0.39 is 11.9 Å². The van der Waals surface area contributed by atoms with Gasteiger partial charge >= 0.3 is 6.18 Å². The van der Waals surface area contributed by atoms with Gasteiger partial charge < -0.3 is 5.73 Å². The monoisotopic (exact) mass is 338 g/mol. The van der Waals surface area contributed by atoms with Crippen LogP contribution in [0.5, 0.6) is 0 Å². The van der Waals surface area contributed by atoms with Gasteiger partial charge in [0.1, 0.15) is 5.69 Å². The third-order valence-electron chi connectivity index (χ3n) is 2.30. The maximum Gasteiger partial charge on any atom is 0.433 e. The minimum Gasteiger partial charge on any atom is -0.397 e. The number of anilines is 1. The molecule has 0 saturated carbocycles. The Labute approximate surface area is 127 Å². The zero-order chi connectivity index (χ0) is 14.9. The summed E-state index contributed by atoms with van der Waals surface area (Å²) >= 11 is 12.7. The van der Waals surface area contributed by atoms with E-state index in [9.17, 15) is 13.2 Å². The van der Waals surface area contributed by atoms with Crippen LogP contribution in [0.2, 0.25) is 10.0 Å². The van der Waals surface area contributed by atoms with Crippen molar-refractivity contribution < 1.29 is 13.2 Å². The summed E-state index contributed by atoms with van der Waals surface area (Å²) in [6, 6.07) is 5.67. The lowest BCUT2D eigenvalue weighted by molar-refractivity contribution is -0.141. The van der Waals surface area contributed by atoms with Gasteiger partial charge in [-0.15, -0.1) is 0 Å². The van der Waals surface area contributed by atoms with Crippen molar-refractivity contribution in [3.8, 4) is 0 Å². The van der Waals surface area contributed by atoms with Crippen LogP contribution < -0.4 is 5.73 Å². The molecule has 0 aliphatic heterocycles. The van der Waals surface area contributed by atoms with Gasteiger partial charge in [-0.2, -0.15) is 13.2 Å². The number of halogens is 5. The number of nitrogen functional groups attached to an aromatic ring is 1. The molecule has 1 aromatic carbocycles. The quantitative estimate of drug-likeness (QED) is 0.823. The molecule has 0 radical (unpaired) electrons. The molecule has 0 aliphatic carbocycles. The van der Waals surface area contributed by atoms with E-state index in [-0.39, 0.29) is 10.6 Å². The summed E-state index contributed by atoms with van der Waals surface area (Å²) in [6.07, 6.45) is -3.52. The van der Waals surface area contributed by atoms with Crippen molar-refractivity contribution in [2.75, 3.05) is 5.73 Å². The maximum absolute atomic E-state index is 12.6. The van der Waals surface area contributed by atoms with Crippen LogP contribution in [-0.2, 0) is 6.18 Å². The molecule has 0 unspecified atom stereocenters. The van der Waals surface area contributed by atoms with E-state index in [4.69, 9.17) is 28.9 Å². The van der Waals surface area contributed by atoms with Crippen LogP contribution in [0, 0.1) is 0 Å². The van der Waals surface area contributed by atoms with Gasteiger partial charge in [-0.05, 0) is 24.3 Å². The molecule has 0 spiro atoms. The van der Waals surface area contributed by atoms with Gasteiger partial charge in [-0.25, -0.2) is 4.98 Å². The molecule has 0 amide bonds. The molecule has 0 aliphatic rings. The molecule has 0 atom stereocenters. The molecule has 20 heavy (non-hydrogen) atoms. The van der Waals surface area contributed by atoms with Gasteiger partial charge in [0.05, 0.1) is 21.9 Å². The van der Waals surface area contributed by atoms with Crippen LogP contribution in [0.4, 0.5) is 18.9 Å². The molecule has 2 aromatic rings. The highest BCUT2D eigenvalue weighted by Crippen LogP contribution is 2.37. The number of hydrogen-bond donors (Lipinski definition) is 1. The van der Waals surface area contributed by atoms with Crippen LogP contribution in [-0.4, -0.2) is 4.98 Å². The Morgan fingerprint density at radius 3 is 2.40 bits per heavy atom. The molecule has 8 heteroatoms. The van der Waals surface area contributed by atoms with Crippen LogP contribution in [0.25, 0.3) is 0 Å². The van der Waals surface area contributed by atoms with Crippen LogP contribution >= 0.6 is 35.0 Å². The van der Waals surface area contributed by atoms with Crippen molar-refractivity contribution in [2.24, 2.45) is 0 Å². The highest BCUT2D eigenvalue weighted by molar-refractivity contribution is 7.99. The van der Waals surface area contributed by atoms with Gasteiger partial charge in [0, 0.05) is 9.79 Å². The second-order valence-electron chi connectivity index (χ2n) is 3.78. The average molecular weight is 339 g/mol. The first-order valence-corrected chi connectivity index (χ1v) is 6.80. The molecule has 106 valence electrons. The molecule has 0 bridgehead atoms. The topological polar surface area (TPSA) is 38.9 Å². The Balaban J connectivity index is 2.35. The third kappa shape index (κ3) is 3.50. The van der Waals surface area contributed by atoms with Crippen molar-refractivity contribution in [1.82, 2.24) is 4.98 Å². The Morgan fingerprint density at radius 2 is 1.80 bits per heavy atom. The molecule has 0 saturated heterocycles. The van der Waals surface area contributed by atoms with Crippen molar-refractivity contribution in [1.29, 1.82) is 0 Å². The van der Waals surface area contributed by atoms with Crippen LogP contribution in [0.3, 0.4) is 0 Å². The van der Waals surface area contributed by atoms with E-state index in [2.05, 4.69) is 4.98 Å². The molecule has 1 heterocycles. The van der Waals surface area contributed by atoms with E-state index >= 15 is 0 Å². The van der Waals surface area contributed by atoms with Crippen molar-refractivity contribution >= 4 is 40.7 Å². The van der Waals surface area contributed by atoms with Gasteiger partial charge in [-0.3, -0.25) is 0 Å². The fourth-order valence-electron chi connectivity index (χ4n) is 1.36. The number of rotatable bonds is 2. The van der Waals surface area contributed by atoms with E-state index in [1.807, 2.05) is 0 Å². The molecule has 0 fully saturated rings. The minimum atomic E-state index is -4.51. The SMILES string of the molecule is Nc1cnc(C(F)(F)F)cc1Sc1ccc(Cl)c(Cl)c1. The van der Waals surface area contributed by atoms with Gasteiger partial charge in [-0.1, -0.05) is 35.0 Å². The Kier molecular flexibility index (Phi) is 4.36. The number of aromatic nitrogens is 1. The summed E-state index contributed by atoms with van der Waals surface area (Å²) in [5.41, 5.74) is 4.81. The Bertz CT molecular complexity index is 647. The Hall–Kier alpha value is -1.11. The van der Waals surface area contributed by atoms with Gasteiger partial charge in [0.15, 0.2) is 0 Å². The van der Waals surface area contributed by atoms with E-state index in [1.54, 1.807) is 18.2 Å². The smallest absolute Gasteiger partial charge is 0.397 e. The van der Waals surface area contributed by atoms with Crippen molar-refractivity contribution in [2.45, 2.75) is 16.0 Å². The van der Waals surface area contributed by atoms with E-state index in [1.165, 1.54) is 0 Å². The van der Waals surface area contributed by atoms with Crippen molar-refractivity contribution in [3.63, 3.8) is 0 Å². The fourth-order valence-corrected chi connectivity index (χ4v) is 2.63. The Morgan fingerprint density at radius 1 is 1.10 bits per heavy atom. The number of nitrogens with two attached hydrogens (primary N) is 1. The maximum atomic E-state index is 12.6. The molecule has 2 nitrogen and oxygen atoms in total. The average Bonchev–Trinajstić information content (AvgIpc) is 2.35. The lowest BCUT2D eigenvalue weighted by Crippen LogP contribution is -2.08. The first kappa shape index (κ1) is 15.3. The highest BCUT2D eigenvalue weighted by Gasteiger charge is 2.33. The number of nitrogens with zero attached hydrogens (tertiary/aromatic N) is 1. The molecule has 2 rings (SSSR count). The second kappa shape index (κ2) is 5.71. The molecule has 2 N–H and O–H groups in total. The molecular formula is C12H7Cl2F3N2S. The predicted molar refractivity (Wildman–Crippen MR) is 74.2 cm³/mol. The minimum absolute atomic E-state index is 0.161. The molecular weight excluding hydrogens is 332 g/mol. The van der Waals surface area contributed by atoms with Crippen LogP contribution in [0.15, 0.2) is 40.3 Å². The van der Waals surface area contributed by atoms with E-state index in [0.29, 0.717) is 14.9 Å². The predicted octanol–water partition coefficient (Wildman–Crippen LogP) is 5.14. The second-order valence-corrected chi connectivity index (χ2v) is 5.71. The largest absolute Gasteiger partial charge is 0.433 e. The number of hydrogen-bond acceptors (Lipinski definition) is 3. The van der Waals surface area contributed by atoms with Gasteiger partial charge in [0.2, 0.25) is 0 Å². The summed E-state index contributed by atoms with van der Waals surface area (Å²) in [6.45, 7) is 0.